The molecular formula is C20H25NO5. The first-order valence-corrected chi connectivity index (χ1v) is 9.15. The van der Waals surface area contributed by atoms with Crippen LogP contribution in [0.25, 0.3) is 6.08 Å². The van der Waals surface area contributed by atoms with E-state index in [-0.39, 0.29) is 18.6 Å². The number of benzene rings is 1. The summed E-state index contributed by atoms with van der Waals surface area (Å²) < 4.78 is 16.0. The molecule has 2 atom stereocenters. The molecule has 0 saturated heterocycles. The van der Waals surface area contributed by atoms with E-state index in [4.69, 9.17) is 14.2 Å². The lowest BCUT2D eigenvalue weighted by atomic mass is 9.86. The summed E-state index contributed by atoms with van der Waals surface area (Å²) in [5, 5.41) is 2.96. The SMILES string of the molecule is C[C@@H]1CCCC[C@@H]1NC(=O)COC(=O)/C=C/c1ccc2c(c1)OCCO2. The molecule has 1 amide bonds. The molecule has 2 aliphatic rings. The zero-order chi connectivity index (χ0) is 18.4. The molecule has 3 rings (SSSR count). The molecule has 26 heavy (non-hydrogen) atoms. The van der Waals surface area contributed by atoms with Crippen LogP contribution in [-0.2, 0) is 14.3 Å². The van der Waals surface area contributed by atoms with E-state index in [0.29, 0.717) is 30.6 Å². The topological polar surface area (TPSA) is 73.9 Å². The van der Waals surface area contributed by atoms with Gasteiger partial charge in [0.15, 0.2) is 18.1 Å². The summed E-state index contributed by atoms with van der Waals surface area (Å²) in [6.45, 7) is 2.94. The first kappa shape index (κ1) is 18.3. The number of nitrogens with one attached hydrogen (secondary N) is 1. The van der Waals surface area contributed by atoms with Crippen molar-refractivity contribution in [1.82, 2.24) is 5.32 Å². The van der Waals surface area contributed by atoms with E-state index >= 15 is 0 Å². The average Bonchev–Trinajstić information content (AvgIpc) is 2.66. The second-order valence-electron chi connectivity index (χ2n) is 6.78. The number of hydrogen-bond acceptors (Lipinski definition) is 5. The minimum absolute atomic E-state index is 0.184. The van der Waals surface area contributed by atoms with Crippen molar-refractivity contribution in [1.29, 1.82) is 0 Å². The molecule has 1 fully saturated rings. The quantitative estimate of drug-likeness (QED) is 0.646. The molecule has 0 spiro atoms. The summed E-state index contributed by atoms with van der Waals surface area (Å²) in [7, 11) is 0. The fraction of sp³-hybridized carbons (Fsp3) is 0.500. The Balaban J connectivity index is 1.44. The van der Waals surface area contributed by atoms with Gasteiger partial charge in [-0.15, -0.1) is 0 Å². The van der Waals surface area contributed by atoms with E-state index in [0.717, 1.165) is 24.8 Å². The molecular weight excluding hydrogens is 334 g/mol. The minimum Gasteiger partial charge on any atom is -0.486 e. The van der Waals surface area contributed by atoms with Crippen LogP contribution in [0.2, 0.25) is 0 Å². The van der Waals surface area contributed by atoms with E-state index in [1.165, 1.54) is 12.5 Å². The largest absolute Gasteiger partial charge is 0.486 e. The zero-order valence-electron chi connectivity index (χ0n) is 15.0. The number of fused-ring (bicyclic) bond motifs is 1. The highest BCUT2D eigenvalue weighted by Gasteiger charge is 2.22. The van der Waals surface area contributed by atoms with Crippen molar-refractivity contribution < 1.29 is 23.8 Å². The third kappa shape index (κ3) is 5.00. The van der Waals surface area contributed by atoms with Gasteiger partial charge in [0.2, 0.25) is 0 Å². The molecule has 1 aliphatic carbocycles. The number of hydrogen-bond donors (Lipinski definition) is 1. The van der Waals surface area contributed by atoms with Crippen molar-refractivity contribution >= 4 is 18.0 Å². The Hall–Kier alpha value is -2.50. The molecule has 6 nitrogen and oxygen atoms in total. The van der Waals surface area contributed by atoms with Crippen molar-refractivity contribution in [3.05, 3.63) is 29.8 Å². The zero-order valence-corrected chi connectivity index (χ0v) is 15.0. The Kier molecular flexibility index (Phi) is 6.15. The first-order valence-electron chi connectivity index (χ1n) is 9.15. The number of carbonyl (C=O) groups excluding carboxylic acids is 2. The van der Waals surface area contributed by atoms with Gasteiger partial charge in [0, 0.05) is 12.1 Å². The van der Waals surface area contributed by atoms with Gasteiger partial charge in [-0.25, -0.2) is 4.79 Å². The molecule has 6 heteroatoms. The van der Waals surface area contributed by atoms with Crippen molar-refractivity contribution in [2.45, 2.75) is 38.6 Å². The standard InChI is InChI=1S/C20H25NO5/c1-14-4-2-3-5-16(14)21-19(22)13-26-20(23)9-7-15-6-8-17-18(12-15)25-11-10-24-17/h6-9,12,14,16H,2-5,10-11,13H2,1H3,(H,21,22)/b9-7+/t14-,16+/m1/s1. The van der Waals surface area contributed by atoms with Gasteiger partial charge in [0.25, 0.3) is 5.91 Å². The van der Waals surface area contributed by atoms with Crippen LogP contribution in [0.4, 0.5) is 0 Å². The molecule has 140 valence electrons. The Labute approximate surface area is 153 Å². The smallest absolute Gasteiger partial charge is 0.331 e. The number of ether oxygens (including phenoxy) is 3. The van der Waals surface area contributed by atoms with E-state index in [1.807, 2.05) is 6.07 Å². The van der Waals surface area contributed by atoms with Gasteiger partial charge in [-0.2, -0.15) is 0 Å². The summed E-state index contributed by atoms with van der Waals surface area (Å²) in [6, 6.07) is 5.62. The van der Waals surface area contributed by atoms with Crippen molar-refractivity contribution in [3.63, 3.8) is 0 Å². The highest BCUT2D eigenvalue weighted by Crippen LogP contribution is 2.31. The van der Waals surface area contributed by atoms with Gasteiger partial charge >= 0.3 is 5.97 Å². The number of carbonyl (C=O) groups is 2. The van der Waals surface area contributed by atoms with E-state index in [2.05, 4.69) is 12.2 Å². The average molecular weight is 359 g/mol. The minimum atomic E-state index is -0.549. The van der Waals surface area contributed by atoms with Crippen LogP contribution >= 0.6 is 0 Å². The predicted octanol–water partition coefficient (Wildman–Crippen LogP) is 2.71. The summed E-state index contributed by atoms with van der Waals surface area (Å²) in [5.41, 5.74) is 0.798. The lowest BCUT2D eigenvalue weighted by Crippen LogP contribution is -2.42. The molecule has 0 bridgehead atoms. The monoisotopic (exact) mass is 359 g/mol. The van der Waals surface area contributed by atoms with Crippen LogP contribution in [-0.4, -0.2) is 37.7 Å². The second-order valence-corrected chi connectivity index (χ2v) is 6.78. The molecule has 1 aromatic carbocycles. The summed E-state index contributed by atoms with van der Waals surface area (Å²) >= 11 is 0. The molecule has 0 aromatic heterocycles. The van der Waals surface area contributed by atoms with Crippen LogP contribution in [0.1, 0.15) is 38.2 Å². The van der Waals surface area contributed by atoms with Crippen LogP contribution < -0.4 is 14.8 Å². The fourth-order valence-corrected chi connectivity index (χ4v) is 3.29. The Morgan fingerprint density at radius 2 is 1.96 bits per heavy atom. The van der Waals surface area contributed by atoms with Crippen LogP contribution in [0, 0.1) is 5.92 Å². The molecule has 1 heterocycles. The van der Waals surface area contributed by atoms with Gasteiger partial charge in [-0.3, -0.25) is 4.79 Å². The first-order chi connectivity index (χ1) is 12.6. The van der Waals surface area contributed by atoms with Crippen LogP contribution in [0.15, 0.2) is 24.3 Å². The molecule has 1 saturated carbocycles. The Bertz CT molecular complexity index is 685. The number of esters is 1. The van der Waals surface area contributed by atoms with Crippen LogP contribution in [0.3, 0.4) is 0 Å². The van der Waals surface area contributed by atoms with Crippen molar-refractivity contribution in [2.24, 2.45) is 5.92 Å². The maximum atomic E-state index is 12.0. The normalized spacial score (nSPS) is 22.0. The predicted molar refractivity (Wildman–Crippen MR) is 97.0 cm³/mol. The van der Waals surface area contributed by atoms with Gasteiger partial charge in [-0.1, -0.05) is 25.8 Å². The van der Waals surface area contributed by atoms with Crippen molar-refractivity contribution in [3.8, 4) is 11.5 Å². The highest BCUT2D eigenvalue weighted by molar-refractivity contribution is 5.89. The molecule has 1 N–H and O–H groups in total. The maximum Gasteiger partial charge on any atom is 0.331 e. The molecule has 0 radical (unpaired) electrons. The molecule has 1 aromatic rings. The molecule has 0 unspecified atom stereocenters. The van der Waals surface area contributed by atoms with Gasteiger partial charge in [0.1, 0.15) is 13.2 Å². The van der Waals surface area contributed by atoms with Crippen LogP contribution in [0.5, 0.6) is 11.5 Å². The summed E-state index contributed by atoms with van der Waals surface area (Å²) in [5.74, 6) is 1.03. The maximum absolute atomic E-state index is 12.0. The van der Waals surface area contributed by atoms with Gasteiger partial charge < -0.3 is 19.5 Å². The van der Waals surface area contributed by atoms with E-state index in [1.54, 1.807) is 18.2 Å². The Morgan fingerprint density at radius 1 is 1.19 bits per heavy atom. The molecule has 1 aliphatic heterocycles. The summed E-state index contributed by atoms with van der Waals surface area (Å²) in [6.07, 6.45) is 7.40. The number of rotatable bonds is 5. The highest BCUT2D eigenvalue weighted by atomic mass is 16.6. The van der Waals surface area contributed by atoms with Gasteiger partial charge in [-0.05, 0) is 42.5 Å². The van der Waals surface area contributed by atoms with E-state index in [9.17, 15) is 9.59 Å². The second kappa shape index (κ2) is 8.74. The third-order valence-electron chi connectivity index (χ3n) is 4.78. The Morgan fingerprint density at radius 3 is 2.77 bits per heavy atom. The number of amides is 1. The van der Waals surface area contributed by atoms with Gasteiger partial charge in [0.05, 0.1) is 0 Å². The summed E-state index contributed by atoms with van der Waals surface area (Å²) in [4.78, 5) is 23.8. The fourth-order valence-electron chi connectivity index (χ4n) is 3.29. The lowest BCUT2D eigenvalue weighted by Gasteiger charge is -2.29. The van der Waals surface area contributed by atoms with Crippen molar-refractivity contribution in [2.75, 3.05) is 19.8 Å². The van der Waals surface area contributed by atoms with E-state index < -0.39 is 5.97 Å². The lowest BCUT2D eigenvalue weighted by molar-refractivity contribution is -0.144. The third-order valence-corrected chi connectivity index (χ3v) is 4.78.